The van der Waals surface area contributed by atoms with Gasteiger partial charge < -0.3 is 0 Å². The van der Waals surface area contributed by atoms with Crippen LogP contribution in [0.2, 0.25) is 5.28 Å². The topological polar surface area (TPSA) is 56.0 Å². The zero-order chi connectivity index (χ0) is 11.3. The summed E-state index contributed by atoms with van der Waals surface area (Å²) < 4.78 is 2.30. The first kappa shape index (κ1) is 9.92. The minimum absolute atomic E-state index is 0.247. The second-order valence-corrected chi connectivity index (χ2v) is 4.63. The van der Waals surface area contributed by atoms with Gasteiger partial charge in [-0.3, -0.25) is 0 Å². The molecule has 0 unspecified atom stereocenters. The molecule has 2 aromatic heterocycles. The van der Waals surface area contributed by atoms with Crippen LogP contribution in [0.15, 0.2) is 16.6 Å². The highest BCUT2D eigenvalue weighted by Crippen LogP contribution is 2.27. The highest BCUT2D eigenvalue weighted by Gasteiger charge is 2.12. The summed E-state index contributed by atoms with van der Waals surface area (Å²) in [7, 11) is 0. The van der Waals surface area contributed by atoms with Gasteiger partial charge in [0.25, 0.3) is 0 Å². The lowest BCUT2D eigenvalue weighted by molar-refractivity contribution is 0.813. The number of fused-ring (bicyclic) bond motifs is 3. The Balaban J connectivity index is 2.64. The van der Waals surface area contributed by atoms with Crippen LogP contribution >= 0.6 is 27.5 Å². The van der Waals surface area contributed by atoms with E-state index in [0.717, 1.165) is 20.9 Å². The van der Waals surface area contributed by atoms with Crippen LogP contribution in [0, 0.1) is 6.92 Å². The predicted molar refractivity (Wildman–Crippen MR) is 63.5 cm³/mol. The minimum Gasteiger partial charge on any atom is -0.216 e. The Hall–Kier alpha value is -1.27. The summed E-state index contributed by atoms with van der Waals surface area (Å²) in [5.74, 6) is 0. The minimum atomic E-state index is 0.247. The smallest absolute Gasteiger partial charge is 0.216 e. The molecule has 3 rings (SSSR count). The maximum absolute atomic E-state index is 5.98. The molecule has 0 fully saturated rings. The van der Waals surface area contributed by atoms with Gasteiger partial charge in [0, 0.05) is 9.86 Å². The van der Waals surface area contributed by atoms with E-state index in [4.69, 9.17) is 11.6 Å². The van der Waals surface area contributed by atoms with Crippen LogP contribution in [-0.2, 0) is 0 Å². The molecule has 7 heteroatoms. The molecule has 0 aliphatic carbocycles. The lowest BCUT2D eigenvalue weighted by Gasteiger charge is -2.03. The highest BCUT2D eigenvalue weighted by molar-refractivity contribution is 9.10. The number of tetrazole rings is 1. The van der Waals surface area contributed by atoms with Crippen molar-refractivity contribution in [1.29, 1.82) is 0 Å². The van der Waals surface area contributed by atoms with E-state index in [9.17, 15) is 0 Å². The maximum atomic E-state index is 5.98. The first-order valence-electron chi connectivity index (χ1n) is 4.50. The molecule has 16 heavy (non-hydrogen) atoms. The van der Waals surface area contributed by atoms with Crippen molar-refractivity contribution < 1.29 is 0 Å². The average Bonchev–Trinajstić information content (AvgIpc) is 2.69. The number of rotatable bonds is 0. The fraction of sp³-hybridized carbons (Fsp3) is 0.111. The van der Waals surface area contributed by atoms with Crippen molar-refractivity contribution in [3.8, 4) is 0 Å². The van der Waals surface area contributed by atoms with E-state index in [2.05, 4.69) is 36.4 Å². The second-order valence-electron chi connectivity index (χ2n) is 3.44. The molecule has 3 aromatic rings. The van der Waals surface area contributed by atoms with Gasteiger partial charge in [0.1, 0.15) is 0 Å². The zero-order valence-electron chi connectivity index (χ0n) is 8.15. The molecule has 0 amide bonds. The second kappa shape index (κ2) is 3.36. The van der Waals surface area contributed by atoms with Gasteiger partial charge in [-0.05, 0) is 62.6 Å². The van der Waals surface area contributed by atoms with Gasteiger partial charge in [-0.1, -0.05) is 0 Å². The molecule has 0 aliphatic heterocycles. The van der Waals surface area contributed by atoms with Crippen molar-refractivity contribution in [3.63, 3.8) is 0 Å². The number of benzene rings is 1. The van der Waals surface area contributed by atoms with Gasteiger partial charge in [0.05, 0.1) is 5.52 Å². The van der Waals surface area contributed by atoms with Gasteiger partial charge in [0.2, 0.25) is 5.28 Å². The number of nitrogens with zero attached hydrogens (tertiary/aromatic N) is 5. The van der Waals surface area contributed by atoms with Crippen LogP contribution in [0.3, 0.4) is 0 Å². The molecule has 0 saturated heterocycles. The van der Waals surface area contributed by atoms with Crippen LogP contribution in [0.4, 0.5) is 0 Å². The first-order valence-corrected chi connectivity index (χ1v) is 5.67. The Morgan fingerprint density at radius 3 is 3.00 bits per heavy atom. The van der Waals surface area contributed by atoms with E-state index in [0.29, 0.717) is 5.65 Å². The standard InChI is InChI=1S/C9H5BrClN5/c1-4-2-5-7(6(10)3-4)12-9(11)16-8(5)13-14-15-16/h2-3H,1H3. The summed E-state index contributed by atoms with van der Waals surface area (Å²) in [5, 5.41) is 12.4. The molecule has 0 bridgehead atoms. The normalized spacial score (nSPS) is 11.4. The Kier molecular flexibility index (Phi) is 2.08. The number of aryl methyl sites for hydroxylation is 1. The van der Waals surface area contributed by atoms with Crippen LogP contribution < -0.4 is 0 Å². The first-order chi connectivity index (χ1) is 7.66. The van der Waals surface area contributed by atoms with Gasteiger partial charge in [-0.15, -0.1) is 5.10 Å². The summed E-state index contributed by atoms with van der Waals surface area (Å²) in [6.07, 6.45) is 0. The van der Waals surface area contributed by atoms with E-state index in [-0.39, 0.29) is 5.28 Å². The van der Waals surface area contributed by atoms with Crippen molar-refractivity contribution in [2.75, 3.05) is 0 Å². The number of hydrogen-bond acceptors (Lipinski definition) is 4. The molecule has 1 aromatic carbocycles. The molecule has 0 radical (unpaired) electrons. The molecule has 0 spiro atoms. The molecule has 80 valence electrons. The third kappa shape index (κ3) is 1.30. The van der Waals surface area contributed by atoms with Gasteiger partial charge >= 0.3 is 0 Å². The van der Waals surface area contributed by atoms with Gasteiger partial charge in [-0.25, -0.2) is 4.98 Å². The summed E-state index contributed by atoms with van der Waals surface area (Å²) in [6, 6.07) is 3.96. The molecule has 0 saturated carbocycles. The summed E-state index contributed by atoms with van der Waals surface area (Å²) in [6.45, 7) is 2.00. The summed E-state index contributed by atoms with van der Waals surface area (Å²) in [5.41, 5.74) is 2.48. The summed E-state index contributed by atoms with van der Waals surface area (Å²) >= 11 is 9.43. The van der Waals surface area contributed by atoms with Crippen molar-refractivity contribution in [2.45, 2.75) is 6.92 Å². The van der Waals surface area contributed by atoms with Crippen LogP contribution in [0.5, 0.6) is 0 Å². The monoisotopic (exact) mass is 297 g/mol. The Labute approximate surface area is 104 Å². The molecule has 0 aliphatic rings. The lowest BCUT2D eigenvalue weighted by atomic mass is 10.2. The quantitative estimate of drug-likeness (QED) is 0.598. The maximum Gasteiger partial charge on any atom is 0.227 e. The molecular formula is C9H5BrClN5. The van der Waals surface area contributed by atoms with Crippen molar-refractivity contribution >= 4 is 44.1 Å². The highest BCUT2D eigenvalue weighted by atomic mass is 79.9. The Morgan fingerprint density at radius 2 is 2.19 bits per heavy atom. The number of hydrogen-bond donors (Lipinski definition) is 0. The van der Waals surface area contributed by atoms with E-state index in [1.165, 1.54) is 4.52 Å². The zero-order valence-corrected chi connectivity index (χ0v) is 10.5. The van der Waals surface area contributed by atoms with Crippen molar-refractivity contribution in [3.05, 3.63) is 27.5 Å². The van der Waals surface area contributed by atoms with Crippen molar-refractivity contribution in [1.82, 2.24) is 25.0 Å². The fourth-order valence-electron chi connectivity index (χ4n) is 1.64. The lowest BCUT2D eigenvalue weighted by Crippen LogP contribution is -1.96. The summed E-state index contributed by atoms with van der Waals surface area (Å²) in [4.78, 5) is 4.26. The van der Waals surface area contributed by atoms with Crippen molar-refractivity contribution in [2.24, 2.45) is 0 Å². The fourth-order valence-corrected chi connectivity index (χ4v) is 2.50. The van der Waals surface area contributed by atoms with Gasteiger partial charge in [-0.2, -0.15) is 4.52 Å². The average molecular weight is 299 g/mol. The molecule has 0 atom stereocenters. The molecule has 0 N–H and O–H groups in total. The predicted octanol–water partition coefficient (Wildman–Crippen LogP) is 2.40. The molecular weight excluding hydrogens is 293 g/mol. The molecule has 5 nitrogen and oxygen atoms in total. The number of aromatic nitrogens is 5. The van der Waals surface area contributed by atoms with Crippen LogP contribution in [-0.4, -0.2) is 25.0 Å². The van der Waals surface area contributed by atoms with E-state index >= 15 is 0 Å². The van der Waals surface area contributed by atoms with Gasteiger partial charge in [0.15, 0.2) is 5.65 Å². The van der Waals surface area contributed by atoms with E-state index < -0.39 is 0 Å². The Bertz CT molecular complexity index is 708. The largest absolute Gasteiger partial charge is 0.227 e. The van der Waals surface area contributed by atoms with Crippen LogP contribution in [0.25, 0.3) is 16.6 Å². The third-order valence-electron chi connectivity index (χ3n) is 2.30. The molecule has 2 heterocycles. The van der Waals surface area contributed by atoms with E-state index in [1.54, 1.807) is 0 Å². The van der Waals surface area contributed by atoms with E-state index in [1.807, 2.05) is 19.1 Å². The SMILES string of the molecule is Cc1cc(Br)c2nc(Cl)n3nnnc3c2c1. The third-order valence-corrected chi connectivity index (χ3v) is 3.15. The Morgan fingerprint density at radius 1 is 1.38 bits per heavy atom. The van der Waals surface area contributed by atoms with Crippen LogP contribution in [0.1, 0.15) is 5.56 Å². The number of halogens is 2.